The Balaban J connectivity index is 1.87. The first-order chi connectivity index (χ1) is 8.33. The number of carbonyl (C=O) groups is 1. The Morgan fingerprint density at radius 2 is 1.71 bits per heavy atom. The predicted molar refractivity (Wildman–Crippen MR) is 74.1 cm³/mol. The van der Waals surface area contributed by atoms with Crippen molar-refractivity contribution in [3.63, 3.8) is 0 Å². The van der Waals surface area contributed by atoms with E-state index in [9.17, 15) is 4.79 Å². The average molecular weight is 236 g/mol. The third-order valence-electron chi connectivity index (χ3n) is 3.73. The number of allylic oxidation sites excluding steroid dienone is 2. The van der Waals surface area contributed by atoms with Crippen molar-refractivity contribution < 1.29 is 4.79 Å². The van der Waals surface area contributed by atoms with Crippen LogP contribution in [0.2, 0.25) is 0 Å². The van der Waals surface area contributed by atoms with E-state index in [1.165, 1.54) is 57.8 Å². The minimum atomic E-state index is 0.334. The Labute approximate surface area is 107 Å². The third-order valence-corrected chi connectivity index (χ3v) is 3.73. The van der Waals surface area contributed by atoms with E-state index in [-0.39, 0.29) is 0 Å². The Kier molecular flexibility index (Phi) is 8.04. The number of hydrogen-bond acceptors (Lipinski definition) is 1. The zero-order chi connectivity index (χ0) is 12.3. The Morgan fingerprint density at radius 3 is 2.35 bits per heavy atom. The molecule has 1 rings (SSSR count). The molecule has 0 aromatic rings. The number of rotatable bonds is 9. The van der Waals surface area contributed by atoms with E-state index in [1.54, 1.807) is 6.08 Å². The highest BCUT2D eigenvalue weighted by Crippen LogP contribution is 2.22. The van der Waals surface area contributed by atoms with Gasteiger partial charge < -0.3 is 0 Å². The molecule has 0 aliphatic heterocycles. The summed E-state index contributed by atoms with van der Waals surface area (Å²) in [5, 5.41) is 0. The van der Waals surface area contributed by atoms with E-state index in [0.717, 1.165) is 12.8 Å². The third kappa shape index (κ3) is 7.36. The van der Waals surface area contributed by atoms with Gasteiger partial charge in [0.05, 0.1) is 0 Å². The van der Waals surface area contributed by atoms with Crippen molar-refractivity contribution in [3.05, 3.63) is 12.2 Å². The first-order valence-electron chi connectivity index (χ1n) is 7.52. The molecule has 1 aliphatic carbocycles. The molecule has 1 aliphatic rings. The largest absolute Gasteiger partial charge is 0.295 e. The van der Waals surface area contributed by atoms with Crippen molar-refractivity contribution in [1.29, 1.82) is 0 Å². The number of carbonyl (C=O) groups excluding carboxylic acids is 1. The van der Waals surface area contributed by atoms with E-state index >= 15 is 0 Å². The van der Waals surface area contributed by atoms with Crippen LogP contribution in [0.1, 0.15) is 77.6 Å². The number of unbranched alkanes of at least 4 members (excludes halogenated alkanes) is 7. The number of ketones is 1. The molecular weight excluding hydrogens is 208 g/mol. The lowest BCUT2D eigenvalue weighted by molar-refractivity contribution is -0.115. The predicted octanol–water partition coefficient (Wildman–Crippen LogP) is 5.05. The zero-order valence-electron chi connectivity index (χ0n) is 11.4. The maximum absolute atomic E-state index is 11.2. The second-order valence-electron chi connectivity index (χ2n) is 5.44. The quantitative estimate of drug-likeness (QED) is 0.512. The van der Waals surface area contributed by atoms with Crippen molar-refractivity contribution in [3.8, 4) is 0 Å². The highest BCUT2D eigenvalue weighted by molar-refractivity contribution is 5.90. The van der Waals surface area contributed by atoms with Gasteiger partial charge in [-0.3, -0.25) is 4.79 Å². The van der Waals surface area contributed by atoms with Gasteiger partial charge in [0.15, 0.2) is 5.78 Å². The molecule has 0 spiro atoms. The van der Waals surface area contributed by atoms with E-state index in [2.05, 4.69) is 13.0 Å². The fourth-order valence-electron chi connectivity index (χ4n) is 2.61. The molecule has 1 unspecified atom stereocenters. The summed E-state index contributed by atoms with van der Waals surface area (Å²) in [5.41, 5.74) is 0. The smallest absolute Gasteiger partial charge is 0.155 e. The fourth-order valence-corrected chi connectivity index (χ4v) is 2.61. The average Bonchev–Trinajstić information content (AvgIpc) is 2.33. The van der Waals surface area contributed by atoms with Crippen LogP contribution in [0.3, 0.4) is 0 Å². The van der Waals surface area contributed by atoms with Crippen LogP contribution in [0.15, 0.2) is 12.2 Å². The van der Waals surface area contributed by atoms with Gasteiger partial charge in [-0.2, -0.15) is 0 Å². The van der Waals surface area contributed by atoms with Crippen LogP contribution in [-0.2, 0) is 4.79 Å². The van der Waals surface area contributed by atoms with Gasteiger partial charge in [-0.25, -0.2) is 0 Å². The lowest BCUT2D eigenvalue weighted by Gasteiger charge is -2.16. The Hall–Kier alpha value is -0.590. The van der Waals surface area contributed by atoms with Gasteiger partial charge in [-0.05, 0) is 24.8 Å². The molecule has 0 saturated carbocycles. The SMILES string of the molecule is CCCCCCCCCCC1CC=CC(=O)C1. The van der Waals surface area contributed by atoms with Crippen LogP contribution in [0.5, 0.6) is 0 Å². The van der Waals surface area contributed by atoms with E-state index < -0.39 is 0 Å². The van der Waals surface area contributed by atoms with Gasteiger partial charge in [0, 0.05) is 6.42 Å². The standard InChI is InChI=1S/C16H28O/c1-2-3-4-5-6-7-8-9-11-15-12-10-13-16(17)14-15/h10,13,15H,2-9,11-12,14H2,1H3. The molecule has 1 atom stereocenters. The van der Waals surface area contributed by atoms with Crippen LogP contribution < -0.4 is 0 Å². The summed E-state index contributed by atoms with van der Waals surface area (Å²) in [6.45, 7) is 2.26. The van der Waals surface area contributed by atoms with Crippen LogP contribution >= 0.6 is 0 Å². The van der Waals surface area contributed by atoms with Gasteiger partial charge in [0.25, 0.3) is 0 Å². The summed E-state index contributed by atoms with van der Waals surface area (Å²) >= 11 is 0. The fraction of sp³-hybridized carbons (Fsp3) is 0.812. The summed E-state index contributed by atoms with van der Waals surface area (Å²) in [6.07, 6.45) is 18.0. The zero-order valence-corrected chi connectivity index (χ0v) is 11.4. The summed E-state index contributed by atoms with van der Waals surface area (Å²) in [5.74, 6) is 0.980. The molecule has 1 heteroatoms. The van der Waals surface area contributed by atoms with Crippen molar-refractivity contribution in [1.82, 2.24) is 0 Å². The molecule has 0 bridgehead atoms. The monoisotopic (exact) mass is 236 g/mol. The van der Waals surface area contributed by atoms with Crippen molar-refractivity contribution in [2.45, 2.75) is 77.6 Å². The molecule has 0 saturated heterocycles. The number of hydrogen-bond donors (Lipinski definition) is 0. The maximum atomic E-state index is 11.2. The van der Waals surface area contributed by atoms with Gasteiger partial charge in [-0.1, -0.05) is 64.4 Å². The molecular formula is C16H28O. The minimum absolute atomic E-state index is 0.334. The first kappa shape index (κ1) is 14.5. The van der Waals surface area contributed by atoms with Gasteiger partial charge in [0.2, 0.25) is 0 Å². The molecule has 0 fully saturated rings. The summed E-state index contributed by atoms with van der Waals surface area (Å²) in [7, 11) is 0. The molecule has 0 radical (unpaired) electrons. The summed E-state index contributed by atoms with van der Waals surface area (Å²) < 4.78 is 0. The van der Waals surface area contributed by atoms with Crippen LogP contribution in [0.25, 0.3) is 0 Å². The Morgan fingerprint density at radius 1 is 1.06 bits per heavy atom. The van der Waals surface area contributed by atoms with E-state index in [4.69, 9.17) is 0 Å². The molecule has 1 nitrogen and oxygen atoms in total. The highest BCUT2D eigenvalue weighted by atomic mass is 16.1. The van der Waals surface area contributed by atoms with Crippen molar-refractivity contribution >= 4 is 5.78 Å². The van der Waals surface area contributed by atoms with E-state index in [0.29, 0.717) is 11.7 Å². The van der Waals surface area contributed by atoms with Crippen LogP contribution in [0, 0.1) is 5.92 Å². The lowest BCUT2D eigenvalue weighted by atomic mass is 9.89. The Bertz CT molecular complexity index is 230. The molecule has 17 heavy (non-hydrogen) atoms. The summed E-state index contributed by atoms with van der Waals surface area (Å²) in [6, 6.07) is 0. The van der Waals surface area contributed by atoms with Crippen molar-refractivity contribution in [2.24, 2.45) is 5.92 Å². The molecule has 0 aromatic heterocycles. The van der Waals surface area contributed by atoms with Crippen molar-refractivity contribution in [2.75, 3.05) is 0 Å². The topological polar surface area (TPSA) is 17.1 Å². The first-order valence-corrected chi connectivity index (χ1v) is 7.52. The second kappa shape index (κ2) is 9.44. The normalized spacial score (nSPS) is 19.8. The van der Waals surface area contributed by atoms with Crippen LogP contribution in [0.4, 0.5) is 0 Å². The summed E-state index contributed by atoms with van der Waals surface area (Å²) in [4.78, 5) is 11.2. The van der Waals surface area contributed by atoms with Gasteiger partial charge in [0.1, 0.15) is 0 Å². The van der Waals surface area contributed by atoms with Gasteiger partial charge in [-0.15, -0.1) is 0 Å². The molecule has 0 N–H and O–H groups in total. The molecule has 0 amide bonds. The maximum Gasteiger partial charge on any atom is 0.155 e. The molecule has 98 valence electrons. The van der Waals surface area contributed by atoms with E-state index in [1.807, 2.05) is 0 Å². The molecule has 0 aromatic carbocycles. The molecule has 0 heterocycles. The second-order valence-corrected chi connectivity index (χ2v) is 5.44. The highest BCUT2D eigenvalue weighted by Gasteiger charge is 2.14. The minimum Gasteiger partial charge on any atom is -0.295 e. The van der Waals surface area contributed by atoms with Crippen LogP contribution in [-0.4, -0.2) is 5.78 Å². The lowest BCUT2D eigenvalue weighted by Crippen LogP contribution is -2.10. The van der Waals surface area contributed by atoms with Gasteiger partial charge >= 0.3 is 0 Å².